The van der Waals surface area contributed by atoms with Gasteiger partial charge in [0, 0.05) is 6.54 Å². The lowest BCUT2D eigenvalue weighted by Crippen LogP contribution is -2.25. The van der Waals surface area contributed by atoms with Crippen LogP contribution in [0.4, 0.5) is 0 Å². The molecule has 1 atom stereocenters. The van der Waals surface area contributed by atoms with Gasteiger partial charge in [0.15, 0.2) is 0 Å². The first kappa shape index (κ1) is 14.8. The van der Waals surface area contributed by atoms with E-state index >= 15 is 0 Å². The van der Waals surface area contributed by atoms with Gasteiger partial charge in [-0.15, -0.1) is 0 Å². The summed E-state index contributed by atoms with van der Waals surface area (Å²) in [5.41, 5.74) is 5.61. The fraction of sp³-hybridized carbons (Fsp3) is 0.471. The van der Waals surface area contributed by atoms with Gasteiger partial charge in [-0.2, -0.15) is 5.10 Å². The Kier molecular flexibility index (Phi) is 4.45. The molecule has 0 spiro atoms. The predicted molar refractivity (Wildman–Crippen MR) is 89.6 cm³/mol. The van der Waals surface area contributed by atoms with Gasteiger partial charge in [-0.05, 0) is 65.4 Å². The zero-order chi connectivity index (χ0) is 14.8. The summed E-state index contributed by atoms with van der Waals surface area (Å²) in [4.78, 5) is 0. The topological polar surface area (TPSA) is 29.9 Å². The molecule has 1 unspecified atom stereocenters. The highest BCUT2D eigenvalue weighted by Gasteiger charge is 2.22. The first-order valence-corrected chi connectivity index (χ1v) is 8.60. The van der Waals surface area contributed by atoms with E-state index in [4.69, 9.17) is 0 Å². The molecule has 1 aromatic heterocycles. The van der Waals surface area contributed by atoms with Crippen molar-refractivity contribution in [3.63, 3.8) is 0 Å². The van der Waals surface area contributed by atoms with Crippen molar-refractivity contribution >= 4 is 15.9 Å². The number of aromatic nitrogens is 2. The SMILES string of the molecule is CCNC(c1ccc2c(c1)CCC2)c1c(Br)cnn1CC. The molecule has 0 saturated heterocycles. The number of hydrogen-bond donors (Lipinski definition) is 1. The molecule has 1 aromatic carbocycles. The maximum absolute atomic E-state index is 4.47. The van der Waals surface area contributed by atoms with Crippen LogP contribution in [0.25, 0.3) is 0 Å². The van der Waals surface area contributed by atoms with Crippen LogP contribution in [0.5, 0.6) is 0 Å². The molecule has 1 aliphatic carbocycles. The van der Waals surface area contributed by atoms with E-state index in [0.29, 0.717) is 0 Å². The van der Waals surface area contributed by atoms with E-state index in [1.165, 1.54) is 41.6 Å². The maximum atomic E-state index is 4.47. The summed E-state index contributed by atoms with van der Waals surface area (Å²) in [6.07, 6.45) is 5.64. The molecule has 3 rings (SSSR count). The minimum atomic E-state index is 0.192. The second-order valence-electron chi connectivity index (χ2n) is 5.57. The summed E-state index contributed by atoms with van der Waals surface area (Å²) in [6.45, 7) is 6.10. The van der Waals surface area contributed by atoms with Gasteiger partial charge in [-0.25, -0.2) is 0 Å². The third-order valence-electron chi connectivity index (χ3n) is 4.27. The molecular formula is C17H22BrN3. The van der Waals surface area contributed by atoms with Gasteiger partial charge >= 0.3 is 0 Å². The number of rotatable bonds is 5. The Morgan fingerprint density at radius 2 is 2.10 bits per heavy atom. The van der Waals surface area contributed by atoms with Crippen molar-refractivity contribution in [2.45, 2.75) is 45.7 Å². The van der Waals surface area contributed by atoms with E-state index in [2.05, 4.69) is 63.1 Å². The average molecular weight is 348 g/mol. The summed E-state index contributed by atoms with van der Waals surface area (Å²) in [5, 5.41) is 8.08. The quantitative estimate of drug-likeness (QED) is 0.889. The molecule has 1 heterocycles. The minimum Gasteiger partial charge on any atom is -0.305 e. The normalized spacial score (nSPS) is 15.2. The molecule has 0 fully saturated rings. The van der Waals surface area contributed by atoms with Crippen molar-refractivity contribution in [2.24, 2.45) is 0 Å². The Hall–Kier alpha value is -1.13. The number of aryl methyl sites for hydroxylation is 3. The van der Waals surface area contributed by atoms with Crippen LogP contribution in [0.15, 0.2) is 28.9 Å². The molecule has 1 N–H and O–H groups in total. The highest BCUT2D eigenvalue weighted by atomic mass is 79.9. The van der Waals surface area contributed by atoms with E-state index < -0.39 is 0 Å². The lowest BCUT2D eigenvalue weighted by molar-refractivity contribution is 0.540. The Morgan fingerprint density at radius 1 is 1.29 bits per heavy atom. The van der Waals surface area contributed by atoms with Crippen molar-refractivity contribution in [3.05, 3.63) is 51.3 Å². The molecule has 0 amide bonds. The van der Waals surface area contributed by atoms with Gasteiger partial charge in [0.05, 0.1) is 22.4 Å². The number of halogens is 1. The highest BCUT2D eigenvalue weighted by molar-refractivity contribution is 9.10. The van der Waals surface area contributed by atoms with E-state index in [1.807, 2.05) is 6.20 Å². The Balaban J connectivity index is 2.03. The molecule has 2 aromatic rings. The molecule has 112 valence electrons. The third kappa shape index (κ3) is 2.79. The van der Waals surface area contributed by atoms with Gasteiger partial charge in [0.2, 0.25) is 0 Å². The molecule has 0 aliphatic heterocycles. The highest BCUT2D eigenvalue weighted by Crippen LogP contribution is 2.31. The maximum Gasteiger partial charge on any atom is 0.0759 e. The summed E-state index contributed by atoms with van der Waals surface area (Å²) in [6, 6.07) is 7.16. The van der Waals surface area contributed by atoms with Crippen molar-refractivity contribution in [1.29, 1.82) is 0 Å². The van der Waals surface area contributed by atoms with Crippen LogP contribution >= 0.6 is 15.9 Å². The van der Waals surface area contributed by atoms with Crippen molar-refractivity contribution in [2.75, 3.05) is 6.54 Å². The van der Waals surface area contributed by atoms with Gasteiger partial charge in [0.1, 0.15) is 0 Å². The van der Waals surface area contributed by atoms with Crippen LogP contribution in [0.2, 0.25) is 0 Å². The molecule has 4 heteroatoms. The van der Waals surface area contributed by atoms with Gasteiger partial charge < -0.3 is 5.32 Å². The van der Waals surface area contributed by atoms with E-state index in [9.17, 15) is 0 Å². The predicted octanol–water partition coefficient (Wildman–Crippen LogP) is 3.85. The summed E-state index contributed by atoms with van der Waals surface area (Å²) in [5.74, 6) is 0. The fourth-order valence-electron chi connectivity index (χ4n) is 3.26. The zero-order valence-corrected chi connectivity index (χ0v) is 14.3. The van der Waals surface area contributed by atoms with Gasteiger partial charge in [-0.3, -0.25) is 4.68 Å². The van der Waals surface area contributed by atoms with Crippen LogP contribution in [0.1, 0.15) is 48.7 Å². The number of fused-ring (bicyclic) bond motifs is 1. The standard InChI is InChI=1S/C17H22BrN3/c1-3-19-16(17-15(18)11-20-21(17)4-2)14-9-8-12-6-5-7-13(12)10-14/h8-11,16,19H,3-7H2,1-2H3. The lowest BCUT2D eigenvalue weighted by Gasteiger charge is -2.21. The third-order valence-corrected chi connectivity index (χ3v) is 4.88. The second kappa shape index (κ2) is 6.32. The van der Waals surface area contributed by atoms with Crippen molar-refractivity contribution < 1.29 is 0 Å². The van der Waals surface area contributed by atoms with Crippen LogP contribution in [-0.4, -0.2) is 16.3 Å². The summed E-state index contributed by atoms with van der Waals surface area (Å²) < 4.78 is 3.15. The molecule has 1 aliphatic rings. The number of benzene rings is 1. The largest absolute Gasteiger partial charge is 0.305 e. The Labute approximate surface area is 134 Å². The molecule has 0 bridgehead atoms. The first-order chi connectivity index (χ1) is 10.2. The second-order valence-corrected chi connectivity index (χ2v) is 6.42. The van der Waals surface area contributed by atoms with E-state index in [-0.39, 0.29) is 6.04 Å². The average Bonchev–Trinajstić information content (AvgIpc) is 3.10. The van der Waals surface area contributed by atoms with Gasteiger partial charge in [0.25, 0.3) is 0 Å². The first-order valence-electron chi connectivity index (χ1n) is 7.80. The van der Waals surface area contributed by atoms with Gasteiger partial charge in [-0.1, -0.05) is 25.1 Å². The number of nitrogens with one attached hydrogen (secondary N) is 1. The molecule has 3 nitrogen and oxygen atoms in total. The van der Waals surface area contributed by atoms with Crippen molar-refractivity contribution in [1.82, 2.24) is 15.1 Å². The van der Waals surface area contributed by atoms with E-state index in [1.54, 1.807) is 0 Å². The summed E-state index contributed by atoms with van der Waals surface area (Å²) >= 11 is 3.66. The number of hydrogen-bond acceptors (Lipinski definition) is 2. The van der Waals surface area contributed by atoms with Crippen LogP contribution in [-0.2, 0) is 19.4 Å². The molecule has 21 heavy (non-hydrogen) atoms. The Morgan fingerprint density at radius 3 is 2.86 bits per heavy atom. The van der Waals surface area contributed by atoms with Crippen LogP contribution < -0.4 is 5.32 Å². The fourth-order valence-corrected chi connectivity index (χ4v) is 3.78. The van der Waals surface area contributed by atoms with Crippen molar-refractivity contribution in [3.8, 4) is 0 Å². The lowest BCUT2D eigenvalue weighted by atomic mass is 9.99. The molecular weight excluding hydrogens is 326 g/mol. The Bertz CT molecular complexity index is 633. The monoisotopic (exact) mass is 347 g/mol. The van der Waals surface area contributed by atoms with Crippen LogP contribution in [0, 0.1) is 0 Å². The molecule has 0 radical (unpaired) electrons. The minimum absolute atomic E-state index is 0.192. The smallest absolute Gasteiger partial charge is 0.0759 e. The zero-order valence-electron chi connectivity index (χ0n) is 12.7. The summed E-state index contributed by atoms with van der Waals surface area (Å²) in [7, 11) is 0. The number of nitrogens with zero attached hydrogens (tertiary/aromatic N) is 2. The van der Waals surface area contributed by atoms with Crippen LogP contribution in [0.3, 0.4) is 0 Å². The molecule has 0 saturated carbocycles. The van der Waals surface area contributed by atoms with E-state index in [0.717, 1.165) is 17.6 Å².